The molecule has 0 fully saturated rings. The minimum absolute atomic E-state index is 0.261. The number of anilines is 1. The molecule has 0 saturated heterocycles. The van der Waals surface area contributed by atoms with E-state index >= 15 is 0 Å². The second kappa shape index (κ2) is 10.4. The molecule has 39 heavy (non-hydrogen) atoms. The van der Waals surface area contributed by atoms with E-state index in [2.05, 4.69) is 17.0 Å². The smallest absolute Gasteiger partial charge is 0.291 e. The van der Waals surface area contributed by atoms with Crippen LogP contribution in [0.3, 0.4) is 0 Å². The summed E-state index contributed by atoms with van der Waals surface area (Å²) in [6, 6.07) is 20.9. The van der Waals surface area contributed by atoms with Gasteiger partial charge < -0.3 is 9.64 Å². The Hall–Kier alpha value is -4.37. The number of unbranched alkanes of at least 4 members (excludes halogenated alkanes) is 2. The maximum atomic E-state index is 13.6. The molecule has 0 aliphatic carbocycles. The van der Waals surface area contributed by atoms with Crippen molar-refractivity contribution >= 4 is 33.5 Å². The van der Waals surface area contributed by atoms with Crippen molar-refractivity contribution < 1.29 is 13.9 Å². The van der Waals surface area contributed by atoms with Gasteiger partial charge in [0, 0.05) is 11.1 Å². The molecule has 0 saturated carbocycles. The first-order valence-corrected chi connectivity index (χ1v) is 13.7. The summed E-state index contributed by atoms with van der Waals surface area (Å²) in [7, 11) is 0. The van der Waals surface area contributed by atoms with Crippen molar-refractivity contribution in [3.8, 4) is 17.1 Å². The SMILES string of the molecule is CCCCCOc1ccc(-c2nc3sc(=C4C(=O)N(Cc5ccc(F)cc5)c5ccccc54)c(=O)n3n2)cc1. The minimum Gasteiger partial charge on any atom is -0.494 e. The van der Waals surface area contributed by atoms with Crippen LogP contribution in [0.2, 0.25) is 0 Å². The predicted octanol–water partition coefficient (Wildman–Crippen LogP) is 4.99. The highest BCUT2D eigenvalue weighted by Gasteiger charge is 2.34. The Morgan fingerprint density at radius 1 is 0.949 bits per heavy atom. The first kappa shape index (κ1) is 24.9. The zero-order valence-electron chi connectivity index (χ0n) is 21.3. The quantitative estimate of drug-likeness (QED) is 0.259. The number of thiazole rings is 1. The lowest BCUT2D eigenvalue weighted by Gasteiger charge is -2.17. The first-order chi connectivity index (χ1) is 19.0. The number of para-hydroxylation sites is 1. The number of benzene rings is 3. The lowest BCUT2D eigenvalue weighted by atomic mass is 10.1. The summed E-state index contributed by atoms with van der Waals surface area (Å²) < 4.78 is 20.7. The highest BCUT2D eigenvalue weighted by Crippen LogP contribution is 2.36. The Morgan fingerprint density at radius 2 is 1.72 bits per heavy atom. The van der Waals surface area contributed by atoms with E-state index in [-0.39, 0.29) is 23.8 Å². The van der Waals surface area contributed by atoms with E-state index in [1.165, 1.54) is 16.6 Å². The number of nitrogens with zero attached hydrogens (tertiary/aromatic N) is 4. The largest absolute Gasteiger partial charge is 0.494 e. The summed E-state index contributed by atoms with van der Waals surface area (Å²) in [4.78, 5) is 33.7. The van der Waals surface area contributed by atoms with Crippen molar-refractivity contribution in [3.05, 3.63) is 105 Å². The normalized spacial score (nSPS) is 14.3. The number of amides is 1. The zero-order valence-corrected chi connectivity index (χ0v) is 22.1. The fourth-order valence-corrected chi connectivity index (χ4v) is 5.68. The second-order valence-electron chi connectivity index (χ2n) is 9.36. The minimum atomic E-state index is -0.383. The summed E-state index contributed by atoms with van der Waals surface area (Å²) in [6.45, 7) is 3.09. The number of rotatable bonds is 8. The van der Waals surface area contributed by atoms with E-state index in [1.54, 1.807) is 17.0 Å². The van der Waals surface area contributed by atoms with Crippen LogP contribution in [0.4, 0.5) is 10.1 Å². The van der Waals surface area contributed by atoms with Crippen LogP contribution in [-0.4, -0.2) is 27.1 Å². The molecule has 0 radical (unpaired) electrons. The molecule has 0 unspecified atom stereocenters. The molecule has 6 rings (SSSR count). The second-order valence-corrected chi connectivity index (χ2v) is 10.3. The van der Waals surface area contributed by atoms with Crippen molar-refractivity contribution in [1.82, 2.24) is 14.6 Å². The van der Waals surface area contributed by atoms with Crippen LogP contribution in [0, 0.1) is 5.82 Å². The Kier molecular flexibility index (Phi) is 6.66. The third kappa shape index (κ3) is 4.70. The summed E-state index contributed by atoms with van der Waals surface area (Å²) in [5.74, 6) is 0.596. The van der Waals surface area contributed by atoms with Crippen LogP contribution in [-0.2, 0) is 11.3 Å². The molecular formula is C30H25FN4O3S. The maximum Gasteiger partial charge on any atom is 0.291 e. The molecule has 9 heteroatoms. The molecule has 0 bridgehead atoms. The molecule has 7 nitrogen and oxygen atoms in total. The zero-order chi connectivity index (χ0) is 26.9. The Bertz CT molecular complexity index is 1780. The van der Waals surface area contributed by atoms with Crippen LogP contribution in [0.5, 0.6) is 5.75 Å². The Balaban J connectivity index is 1.33. The number of aromatic nitrogens is 3. The van der Waals surface area contributed by atoms with Crippen LogP contribution in [0.15, 0.2) is 77.6 Å². The van der Waals surface area contributed by atoms with E-state index in [9.17, 15) is 14.0 Å². The summed E-state index contributed by atoms with van der Waals surface area (Å²) in [6.07, 6.45) is 3.29. The number of ether oxygens (including phenoxy) is 1. The number of carbonyl (C=O) groups is 1. The van der Waals surface area contributed by atoms with Gasteiger partial charge in [-0.2, -0.15) is 9.50 Å². The molecule has 1 amide bonds. The summed E-state index contributed by atoms with van der Waals surface area (Å²) in [5, 5.41) is 4.46. The van der Waals surface area contributed by atoms with Gasteiger partial charge in [0.2, 0.25) is 4.96 Å². The van der Waals surface area contributed by atoms with E-state index in [0.717, 1.165) is 47.5 Å². The highest BCUT2D eigenvalue weighted by molar-refractivity contribution is 7.15. The van der Waals surface area contributed by atoms with Crippen molar-refractivity contribution in [2.75, 3.05) is 11.5 Å². The van der Waals surface area contributed by atoms with Crippen LogP contribution in [0.25, 0.3) is 21.9 Å². The van der Waals surface area contributed by atoms with Gasteiger partial charge in [-0.05, 0) is 54.4 Å². The molecule has 1 aliphatic heterocycles. The van der Waals surface area contributed by atoms with Gasteiger partial charge in [-0.15, -0.1) is 5.10 Å². The van der Waals surface area contributed by atoms with Gasteiger partial charge in [-0.25, -0.2) is 4.39 Å². The molecule has 3 heterocycles. The third-order valence-corrected chi connectivity index (χ3v) is 7.72. The van der Waals surface area contributed by atoms with Crippen LogP contribution < -0.4 is 19.7 Å². The van der Waals surface area contributed by atoms with Crippen molar-refractivity contribution in [2.24, 2.45) is 0 Å². The van der Waals surface area contributed by atoms with Crippen molar-refractivity contribution in [3.63, 3.8) is 0 Å². The Labute approximate surface area is 227 Å². The number of hydrogen-bond acceptors (Lipinski definition) is 6. The molecule has 2 aromatic heterocycles. The topological polar surface area (TPSA) is 76.8 Å². The van der Waals surface area contributed by atoms with Gasteiger partial charge in [-0.3, -0.25) is 9.59 Å². The average molecular weight is 541 g/mol. The molecule has 3 aromatic carbocycles. The predicted molar refractivity (Wildman–Crippen MR) is 149 cm³/mol. The number of hydrogen-bond donors (Lipinski definition) is 0. The van der Waals surface area contributed by atoms with Crippen LogP contribution in [0.1, 0.15) is 37.3 Å². The number of fused-ring (bicyclic) bond motifs is 2. The fraction of sp³-hybridized carbons (Fsp3) is 0.200. The lowest BCUT2D eigenvalue weighted by molar-refractivity contribution is -0.113. The van der Waals surface area contributed by atoms with E-state index in [1.807, 2.05) is 48.5 Å². The van der Waals surface area contributed by atoms with E-state index < -0.39 is 0 Å². The summed E-state index contributed by atoms with van der Waals surface area (Å²) >= 11 is 1.15. The van der Waals surface area contributed by atoms with Gasteiger partial charge in [-0.1, -0.05) is 61.4 Å². The van der Waals surface area contributed by atoms with Gasteiger partial charge in [0.1, 0.15) is 16.1 Å². The van der Waals surface area contributed by atoms with Gasteiger partial charge in [0.15, 0.2) is 5.82 Å². The van der Waals surface area contributed by atoms with E-state index in [0.29, 0.717) is 38.7 Å². The molecular weight excluding hydrogens is 515 g/mol. The molecule has 0 N–H and O–H groups in total. The molecule has 0 spiro atoms. The van der Waals surface area contributed by atoms with Crippen molar-refractivity contribution in [1.29, 1.82) is 0 Å². The number of carbonyl (C=O) groups excluding carboxylic acids is 1. The van der Waals surface area contributed by atoms with Gasteiger partial charge in [0.25, 0.3) is 11.5 Å². The molecule has 196 valence electrons. The number of halogens is 1. The monoisotopic (exact) mass is 540 g/mol. The van der Waals surface area contributed by atoms with E-state index in [4.69, 9.17) is 4.74 Å². The van der Waals surface area contributed by atoms with Crippen LogP contribution >= 0.6 is 11.3 Å². The molecule has 0 atom stereocenters. The molecule has 5 aromatic rings. The fourth-order valence-electron chi connectivity index (χ4n) is 4.68. The third-order valence-electron chi connectivity index (χ3n) is 6.69. The first-order valence-electron chi connectivity index (χ1n) is 12.9. The maximum absolute atomic E-state index is 13.6. The van der Waals surface area contributed by atoms with Gasteiger partial charge in [0.05, 0.1) is 24.4 Å². The standard InChI is InChI=1S/C30H25FN4O3S/c1-2-3-6-17-38-22-15-11-20(12-16-22)27-32-30-35(33-27)29(37)26(39-30)25-23-7-4-5-8-24(23)34(28(25)36)18-19-9-13-21(31)14-10-19/h4-5,7-16H,2-3,6,17-18H2,1H3. The Morgan fingerprint density at radius 3 is 2.46 bits per heavy atom. The summed E-state index contributed by atoms with van der Waals surface area (Å²) in [5.41, 5.74) is 2.90. The van der Waals surface area contributed by atoms with Crippen molar-refractivity contribution in [2.45, 2.75) is 32.7 Å². The average Bonchev–Trinajstić information content (AvgIpc) is 3.59. The molecule has 1 aliphatic rings. The highest BCUT2D eigenvalue weighted by atomic mass is 32.1. The lowest BCUT2D eigenvalue weighted by Crippen LogP contribution is -2.32. The van der Waals surface area contributed by atoms with Gasteiger partial charge >= 0.3 is 0 Å².